The molecule has 11 nitrogen and oxygen atoms in total. The number of benzene rings is 1. The van der Waals surface area contributed by atoms with Crippen molar-refractivity contribution in [3.63, 3.8) is 0 Å². The van der Waals surface area contributed by atoms with Gasteiger partial charge < -0.3 is 24.5 Å². The van der Waals surface area contributed by atoms with Gasteiger partial charge in [0.2, 0.25) is 6.29 Å². The van der Waals surface area contributed by atoms with Crippen LogP contribution in [0.15, 0.2) is 42.7 Å². The monoisotopic (exact) mass is 516 g/mol. The molecule has 1 amide bonds. The molecule has 2 aromatic rings. The number of pyridine rings is 1. The molecule has 3 heterocycles. The largest absolute Gasteiger partial charge is 0.415 e. The fraction of sp³-hybridized carbons (Fsp3) is 0.400. The van der Waals surface area contributed by atoms with Gasteiger partial charge in [-0.25, -0.2) is 9.18 Å². The Balaban J connectivity index is 1.53. The predicted octanol–water partition coefficient (Wildman–Crippen LogP) is 3.51. The molecule has 184 valence electrons. The predicted molar refractivity (Wildman–Crippen MR) is 115 cm³/mol. The number of hydrogen-bond donors (Lipinski definition) is 3. The summed E-state index contributed by atoms with van der Waals surface area (Å²) in [5, 5.41) is 7.53. The molecular weight excluding hydrogens is 493 g/mol. The molecule has 0 radical (unpaired) electrons. The summed E-state index contributed by atoms with van der Waals surface area (Å²) in [7, 11) is -10.5. The number of rotatable bonds is 4. The number of piperidine rings is 1. The Hall–Kier alpha value is -2.17. The zero-order chi connectivity index (χ0) is 24.6. The lowest BCUT2D eigenvalue weighted by molar-refractivity contribution is -0.0596. The molecule has 2 aliphatic heterocycles. The Morgan fingerprint density at radius 1 is 1.18 bits per heavy atom. The number of amides is 1. The van der Waals surface area contributed by atoms with Crippen molar-refractivity contribution in [3.05, 3.63) is 59.7 Å². The number of hydrogen-bond acceptors (Lipinski definition) is 8. The molecular formula is C20H23FN2O9P2. The molecule has 2 atom stereocenters. The van der Waals surface area contributed by atoms with Crippen molar-refractivity contribution in [1.82, 2.24) is 9.88 Å². The number of nitrogens with zero attached hydrogens (tertiary/aromatic N) is 2. The first-order valence-electron chi connectivity index (χ1n) is 10.4. The van der Waals surface area contributed by atoms with E-state index in [9.17, 15) is 33.2 Å². The maximum Gasteiger partial charge on any atom is 0.415 e. The highest BCUT2D eigenvalue weighted by Crippen LogP contribution is 2.79. The first-order valence-corrected chi connectivity index (χ1v) is 13.6. The van der Waals surface area contributed by atoms with Gasteiger partial charge in [0.25, 0.3) is 5.08 Å². The number of likely N-dealkylation sites (tertiary alicyclic amines) is 1. The van der Waals surface area contributed by atoms with Gasteiger partial charge in [-0.3, -0.25) is 23.2 Å². The van der Waals surface area contributed by atoms with Crippen LogP contribution in [0.5, 0.6) is 5.75 Å². The molecule has 0 aliphatic carbocycles. The third kappa shape index (κ3) is 4.81. The van der Waals surface area contributed by atoms with Gasteiger partial charge >= 0.3 is 21.3 Å². The summed E-state index contributed by atoms with van der Waals surface area (Å²) in [5.41, 5.74) is -0.324. The molecule has 0 saturated carbocycles. The van der Waals surface area contributed by atoms with Gasteiger partial charge in [0.15, 0.2) is 0 Å². The Labute approximate surface area is 194 Å². The molecule has 0 spiro atoms. The number of carbonyl (C=O) groups is 1. The van der Waals surface area contributed by atoms with Crippen LogP contribution in [0.3, 0.4) is 0 Å². The third-order valence-electron chi connectivity index (χ3n) is 5.59. The van der Waals surface area contributed by atoms with E-state index in [1.807, 2.05) is 0 Å². The third-order valence-corrected chi connectivity index (χ3v) is 10.2. The number of halogens is 1. The van der Waals surface area contributed by atoms with Crippen LogP contribution in [0.25, 0.3) is 0 Å². The molecule has 4 rings (SSSR count). The Morgan fingerprint density at radius 2 is 1.85 bits per heavy atom. The molecule has 2 aliphatic rings. The van der Waals surface area contributed by atoms with Crippen molar-refractivity contribution in [2.45, 2.75) is 37.1 Å². The van der Waals surface area contributed by atoms with E-state index in [4.69, 9.17) is 13.8 Å². The van der Waals surface area contributed by atoms with Gasteiger partial charge in [-0.15, -0.1) is 0 Å². The van der Waals surface area contributed by atoms with E-state index in [0.29, 0.717) is 13.1 Å². The minimum Gasteiger partial charge on any atom is -0.410 e. The van der Waals surface area contributed by atoms with Crippen molar-refractivity contribution < 1.29 is 47.0 Å². The summed E-state index contributed by atoms with van der Waals surface area (Å²) in [4.78, 5) is 38.3. The van der Waals surface area contributed by atoms with Gasteiger partial charge in [0.1, 0.15) is 11.6 Å². The highest BCUT2D eigenvalue weighted by Gasteiger charge is 2.67. The van der Waals surface area contributed by atoms with Gasteiger partial charge in [-0.1, -0.05) is 6.07 Å². The van der Waals surface area contributed by atoms with E-state index in [1.165, 1.54) is 35.5 Å². The summed E-state index contributed by atoms with van der Waals surface area (Å²) in [6.45, 7) is 1.06. The summed E-state index contributed by atoms with van der Waals surface area (Å²) in [6.07, 6.45) is 1.84. The fourth-order valence-corrected chi connectivity index (χ4v) is 7.26. The number of carbonyl (C=O) groups excluding carboxylic acids is 1. The summed E-state index contributed by atoms with van der Waals surface area (Å²) in [5.74, 6) is -1.22. The van der Waals surface area contributed by atoms with Crippen LogP contribution in [-0.4, -0.2) is 49.0 Å². The Bertz CT molecular complexity index is 1130. The molecule has 2 saturated heterocycles. The van der Waals surface area contributed by atoms with E-state index in [-0.39, 0.29) is 11.3 Å². The molecule has 0 bridgehead atoms. The van der Waals surface area contributed by atoms with Gasteiger partial charge in [-0.05, 0) is 43.0 Å². The smallest absolute Gasteiger partial charge is 0.410 e. The molecule has 1 aromatic heterocycles. The van der Waals surface area contributed by atoms with E-state index < -0.39 is 50.5 Å². The number of aliphatic hydroxyl groups is 1. The zero-order valence-corrected chi connectivity index (χ0v) is 19.6. The first kappa shape index (κ1) is 24.9. The van der Waals surface area contributed by atoms with Crippen LogP contribution >= 0.6 is 15.2 Å². The summed E-state index contributed by atoms with van der Waals surface area (Å²) >= 11 is 0. The second-order valence-electron chi connectivity index (χ2n) is 7.99. The van der Waals surface area contributed by atoms with Crippen LogP contribution in [0.2, 0.25) is 0 Å². The van der Waals surface area contributed by atoms with Crippen molar-refractivity contribution in [1.29, 1.82) is 0 Å². The molecule has 14 heteroatoms. The SMILES string of the molecule is O=C(Oc1ccc(C2OP(=O)(O)C(O)(Cc3cccnc3)P(=O)(O)O2)c(F)c1)N1CCCCC1. The Kier molecular flexibility index (Phi) is 6.94. The molecule has 3 N–H and O–H groups in total. The second-order valence-corrected chi connectivity index (χ2v) is 12.3. The zero-order valence-electron chi connectivity index (χ0n) is 17.8. The standard InChI is InChI=1S/C20H23FN2O9P2/c21-17-11-15(30-19(24)23-9-2-1-3-10-23)6-7-16(17)18-31-33(26,27)20(25,34(28,29)32-18)12-14-5-4-8-22-13-14/h4-8,11,13,18,25H,1-3,9-10,12H2,(H,26,27)(H,28,29). The summed E-state index contributed by atoms with van der Waals surface area (Å²) < 4.78 is 55.5. The van der Waals surface area contributed by atoms with E-state index in [0.717, 1.165) is 31.4 Å². The number of ether oxygens (including phenoxy) is 1. The van der Waals surface area contributed by atoms with Crippen LogP contribution in [0, 0.1) is 5.82 Å². The lowest BCUT2D eigenvalue weighted by Crippen LogP contribution is -2.38. The normalized spacial score (nSPS) is 31.8. The lowest BCUT2D eigenvalue weighted by atomic mass is 10.1. The van der Waals surface area contributed by atoms with E-state index >= 15 is 0 Å². The molecule has 2 unspecified atom stereocenters. The molecule has 1 aromatic carbocycles. The topological polar surface area (TPSA) is 156 Å². The highest BCUT2D eigenvalue weighted by atomic mass is 31.2. The second kappa shape index (κ2) is 9.47. The van der Waals surface area contributed by atoms with Gasteiger partial charge in [0.05, 0.1) is 0 Å². The van der Waals surface area contributed by atoms with E-state index in [2.05, 4.69) is 4.98 Å². The average molecular weight is 516 g/mol. The fourth-order valence-electron chi connectivity index (χ4n) is 3.70. The van der Waals surface area contributed by atoms with Crippen molar-refractivity contribution in [2.75, 3.05) is 13.1 Å². The maximum absolute atomic E-state index is 14.8. The minimum absolute atomic E-state index is 0.139. The van der Waals surface area contributed by atoms with Gasteiger partial charge in [-0.2, -0.15) is 0 Å². The van der Waals surface area contributed by atoms with Crippen LogP contribution in [0.4, 0.5) is 9.18 Å². The lowest BCUT2D eigenvalue weighted by Gasteiger charge is -2.41. The quantitative estimate of drug-likeness (QED) is 0.514. The average Bonchev–Trinajstić information content (AvgIpc) is 2.78. The van der Waals surface area contributed by atoms with Crippen molar-refractivity contribution in [3.8, 4) is 5.75 Å². The van der Waals surface area contributed by atoms with Gasteiger partial charge in [0, 0.05) is 43.5 Å². The van der Waals surface area contributed by atoms with Crippen LogP contribution in [0.1, 0.15) is 36.7 Å². The van der Waals surface area contributed by atoms with Crippen LogP contribution in [-0.2, 0) is 24.6 Å². The highest BCUT2D eigenvalue weighted by molar-refractivity contribution is 7.73. The maximum atomic E-state index is 14.8. The molecule has 2 fully saturated rings. The summed E-state index contributed by atoms with van der Waals surface area (Å²) in [6, 6.07) is 5.93. The van der Waals surface area contributed by atoms with Crippen LogP contribution < -0.4 is 4.74 Å². The van der Waals surface area contributed by atoms with Crippen molar-refractivity contribution in [2.24, 2.45) is 0 Å². The van der Waals surface area contributed by atoms with E-state index in [1.54, 1.807) is 0 Å². The molecule has 34 heavy (non-hydrogen) atoms. The van der Waals surface area contributed by atoms with Crippen molar-refractivity contribution >= 4 is 21.3 Å². The first-order chi connectivity index (χ1) is 16.0. The minimum atomic E-state index is -5.26. The Morgan fingerprint density at radius 3 is 2.44 bits per heavy atom. The number of aromatic nitrogens is 1.